The van der Waals surface area contributed by atoms with E-state index in [9.17, 15) is 14.4 Å². The fourth-order valence-electron chi connectivity index (χ4n) is 2.26. The maximum atomic E-state index is 13.2. The average molecular weight is 423 g/mol. The molecular formula is C20H17Cl2FN2O3. The number of hydrogen-bond acceptors (Lipinski definition) is 4. The zero-order chi connectivity index (χ0) is 20.8. The molecule has 2 aromatic carbocycles. The zero-order valence-corrected chi connectivity index (χ0v) is 16.9. The van der Waals surface area contributed by atoms with E-state index in [1.165, 1.54) is 25.3 Å². The number of halogens is 3. The van der Waals surface area contributed by atoms with Crippen LogP contribution in [0.15, 0.2) is 35.9 Å². The van der Waals surface area contributed by atoms with Gasteiger partial charge in [-0.3, -0.25) is 4.79 Å². The Kier molecular flexibility index (Phi) is 7.27. The number of amides is 1. The molecule has 0 saturated carbocycles. The molecule has 5 nitrogen and oxygen atoms in total. The minimum atomic E-state index is -0.678. The van der Waals surface area contributed by atoms with Gasteiger partial charge in [0.15, 0.2) is 11.5 Å². The number of anilines is 1. The fourth-order valence-corrected chi connectivity index (χ4v) is 2.70. The van der Waals surface area contributed by atoms with E-state index in [-0.39, 0.29) is 27.4 Å². The monoisotopic (exact) mass is 422 g/mol. The molecule has 2 rings (SSSR count). The first-order valence-corrected chi connectivity index (χ1v) is 8.93. The fraction of sp³-hybridized carbons (Fsp3) is 0.200. The SMILES string of the molecule is COc1cc(/C=C(\C#N)C(=O)Nc2ccc(F)c(Cl)c2)cc(Cl)c1OC(C)C. The van der Waals surface area contributed by atoms with Crippen molar-refractivity contribution in [2.24, 2.45) is 0 Å². The highest BCUT2D eigenvalue weighted by Crippen LogP contribution is 2.37. The largest absolute Gasteiger partial charge is 0.493 e. The predicted octanol–water partition coefficient (Wildman–Crippen LogP) is 5.47. The van der Waals surface area contributed by atoms with Gasteiger partial charge in [-0.1, -0.05) is 23.2 Å². The second-order valence-electron chi connectivity index (χ2n) is 5.95. The first-order valence-electron chi connectivity index (χ1n) is 8.17. The van der Waals surface area contributed by atoms with Crippen LogP contribution < -0.4 is 14.8 Å². The van der Waals surface area contributed by atoms with Crippen molar-refractivity contribution in [3.63, 3.8) is 0 Å². The lowest BCUT2D eigenvalue weighted by Crippen LogP contribution is -2.13. The minimum Gasteiger partial charge on any atom is -0.493 e. The van der Waals surface area contributed by atoms with Crippen molar-refractivity contribution in [3.05, 3.63) is 57.3 Å². The summed E-state index contributed by atoms with van der Waals surface area (Å²) in [7, 11) is 1.46. The van der Waals surface area contributed by atoms with Crippen LogP contribution in [0.25, 0.3) is 6.08 Å². The van der Waals surface area contributed by atoms with Crippen LogP contribution in [0.4, 0.5) is 10.1 Å². The summed E-state index contributed by atoms with van der Waals surface area (Å²) in [5.74, 6) is -0.542. The third-order valence-corrected chi connectivity index (χ3v) is 4.03. The van der Waals surface area contributed by atoms with Gasteiger partial charge in [0.2, 0.25) is 0 Å². The number of rotatable bonds is 6. The van der Waals surface area contributed by atoms with Crippen molar-refractivity contribution < 1.29 is 18.7 Å². The summed E-state index contributed by atoms with van der Waals surface area (Å²) in [5.41, 5.74) is 0.548. The number of carbonyl (C=O) groups excluding carboxylic acids is 1. The van der Waals surface area contributed by atoms with E-state index in [1.54, 1.807) is 12.1 Å². The van der Waals surface area contributed by atoms with E-state index in [1.807, 2.05) is 19.9 Å². The average Bonchev–Trinajstić information content (AvgIpc) is 2.64. The Morgan fingerprint density at radius 3 is 2.54 bits per heavy atom. The third kappa shape index (κ3) is 5.38. The molecule has 146 valence electrons. The van der Waals surface area contributed by atoms with Crippen LogP contribution >= 0.6 is 23.2 Å². The molecule has 0 aliphatic carbocycles. The predicted molar refractivity (Wildman–Crippen MR) is 107 cm³/mol. The summed E-state index contributed by atoms with van der Waals surface area (Å²) in [5, 5.41) is 12.0. The van der Waals surface area contributed by atoms with E-state index >= 15 is 0 Å². The topological polar surface area (TPSA) is 71.3 Å². The lowest BCUT2D eigenvalue weighted by atomic mass is 10.1. The standard InChI is InChI=1S/C20H17Cl2FN2O3/c1-11(2)28-19-16(22)7-12(8-18(19)27-3)6-13(10-24)20(26)25-14-4-5-17(23)15(21)9-14/h4-9,11H,1-3H3,(H,25,26)/b13-6+. The highest BCUT2D eigenvalue weighted by atomic mass is 35.5. The Bertz CT molecular complexity index is 969. The zero-order valence-electron chi connectivity index (χ0n) is 15.3. The summed E-state index contributed by atoms with van der Waals surface area (Å²) in [6.45, 7) is 3.70. The van der Waals surface area contributed by atoms with Gasteiger partial charge in [0.05, 0.1) is 23.3 Å². The van der Waals surface area contributed by atoms with E-state index < -0.39 is 11.7 Å². The van der Waals surface area contributed by atoms with Gasteiger partial charge >= 0.3 is 0 Å². The van der Waals surface area contributed by atoms with Crippen LogP contribution in [-0.4, -0.2) is 19.1 Å². The van der Waals surface area contributed by atoms with Gasteiger partial charge in [0, 0.05) is 5.69 Å². The highest BCUT2D eigenvalue weighted by molar-refractivity contribution is 6.32. The third-order valence-electron chi connectivity index (χ3n) is 3.46. The molecule has 0 heterocycles. The Morgan fingerprint density at radius 1 is 1.25 bits per heavy atom. The molecule has 0 fully saturated rings. The minimum absolute atomic E-state index is 0.115. The molecule has 0 aliphatic rings. The molecule has 0 aromatic heterocycles. The maximum Gasteiger partial charge on any atom is 0.266 e. The number of ether oxygens (including phenoxy) is 2. The molecule has 2 aromatic rings. The Balaban J connectivity index is 2.32. The number of nitrogens with zero attached hydrogens (tertiary/aromatic N) is 1. The lowest BCUT2D eigenvalue weighted by molar-refractivity contribution is -0.112. The van der Waals surface area contributed by atoms with Gasteiger partial charge in [-0.2, -0.15) is 5.26 Å². The van der Waals surface area contributed by atoms with Crippen LogP contribution in [0, 0.1) is 17.1 Å². The van der Waals surface area contributed by atoms with E-state index in [0.717, 1.165) is 6.07 Å². The van der Waals surface area contributed by atoms with Crippen molar-refractivity contribution in [2.75, 3.05) is 12.4 Å². The number of hydrogen-bond donors (Lipinski definition) is 1. The molecule has 0 bridgehead atoms. The molecule has 28 heavy (non-hydrogen) atoms. The number of methoxy groups -OCH3 is 1. The van der Waals surface area contributed by atoms with Crippen molar-refractivity contribution in [1.29, 1.82) is 5.26 Å². The first-order chi connectivity index (χ1) is 13.2. The highest BCUT2D eigenvalue weighted by Gasteiger charge is 2.15. The molecule has 0 saturated heterocycles. The lowest BCUT2D eigenvalue weighted by Gasteiger charge is -2.15. The van der Waals surface area contributed by atoms with Gasteiger partial charge in [-0.05, 0) is 55.8 Å². The Hall–Kier alpha value is -2.75. The van der Waals surface area contributed by atoms with E-state index in [4.69, 9.17) is 32.7 Å². The summed E-state index contributed by atoms with van der Waals surface area (Å²) < 4.78 is 24.2. The van der Waals surface area contributed by atoms with Crippen LogP contribution in [-0.2, 0) is 4.79 Å². The van der Waals surface area contributed by atoms with Crippen molar-refractivity contribution >= 4 is 40.9 Å². The molecule has 0 atom stereocenters. The molecule has 8 heteroatoms. The quantitative estimate of drug-likeness (QED) is 0.494. The summed E-state index contributed by atoms with van der Waals surface area (Å²) >= 11 is 12.0. The van der Waals surface area contributed by atoms with Gasteiger partial charge in [-0.15, -0.1) is 0 Å². The van der Waals surface area contributed by atoms with E-state index in [0.29, 0.717) is 17.1 Å². The molecule has 0 spiro atoms. The summed E-state index contributed by atoms with van der Waals surface area (Å²) in [4.78, 5) is 12.4. The molecule has 1 N–H and O–H groups in total. The number of nitriles is 1. The van der Waals surface area contributed by atoms with E-state index in [2.05, 4.69) is 5.32 Å². The smallest absolute Gasteiger partial charge is 0.266 e. The van der Waals surface area contributed by atoms with Crippen LogP contribution in [0.2, 0.25) is 10.0 Å². The number of benzene rings is 2. The second kappa shape index (κ2) is 9.45. The first kappa shape index (κ1) is 21.5. The molecule has 0 unspecified atom stereocenters. The van der Waals surface area contributed by atoms with Crippen molar-refractivity contribution in [2.45, 2.75) is 20.0 Å². The normalized spacial score (nSPS) is 11.1. The van der Waals surface area contributed by atoms with Crippen LogP contribution in [0.5, 0.6) is 11.5 Å². The van der Waals surface area contributed by atoms with Gasteiger partial charge < -0.3 is 14.8 Å². The second-order valence-corrected chi connectivity index (χ2v) is 6.77. The number of nitrogens with one attached hydrogen (secondary N) is 1. The summed E-state index contributed by atoms with van der Waals surface area (Å²) in [6.07, 6.45) is 1.24. The van der Waals surface area contributed by atoms with Gasteiger partial charge in [0.25, 0.3) is 5.91 Å². The maximum absolute atomic E-state index is 13.2. The van der Waals surface area contributed by atoms with Crippen molar-refractivity contribution in [1.82, 2.24) is 0 Å². The van der Waals surface area contributed by atoms with Gasteiger partial charge in [-0.25, -0.2) is 4.39 Å². The molecule has 1 amide bonds. The van der Waals surface area contributed by atoms with Crippen molar-refractivity contribution in [3.8, 4) is 17.6 Å². The van der Waals surface area contributed by atoms with Crippen LogP contribution in [0.3, 0.4) is 0 Å². The Labute approximate surface area is 172 Å². The van der Waals surface area contributed by atoms with Gasteiger partial charge in [0.1, 0.15) is 17.5 Å². The van der Waals surface area contributed by atoms with Crippen LogP contribution in [0.1, 0.15) is 19.4 Å². The molecule has 0 aliphatic heterocycles. The summed E-state index contributed by atoms with van der Waals surface area (Å²) in [6, 6.07) is 8.69. The Morgan fingerprint density at radius 2 is 1.96 bits per heavy atom. The number of carbonyl (C=O) groups is 1. The molecular weight excluding hydrogens is 406 g/mol. The molecule has 0 radical (unpaired) electrons.